The van der Waals surface area contributed by atoms with Crippen molar-refractivity contribution in [1.82, 2.24) is 20.0 Å². The van der Waals surface area contributed by atoms with Crippen molar-refractivity contribution in [2.24, 2.45) is 17.8 Å². The maximum atomic E-state index is 15.2. The fourth-order valence-corrected chi connectivity index (χ4v) is 3.91. The second-order valence-corrected chi connectivity index (χ2v) is 7.89. The molecule has 3 N–H and O–H groups in total. The summed E-state index contributed by atoms with van der Waals surface area (Å²) in [5, 5.41) is 7.61. The molecule has 164 valence electrons. The van der Waals surface area contributed by atoms with E-state index in [2.05, 4.69) is 15.4 Å². The Hall–Kier alpha value is -3.20. The highest BCUT2D eigenvalue weighted by molar-refractivity contribution is 6.00. The molecule has 1 unspecified atom stereocenters. The number of nitrogens with one attached hydrogen (secondary N) is 1. The Morgan fingerprint density at radius 1 is 1.42 bits per heavy atom. The number of aromatic nitrogens is 2. The SMILES string of the molecule is CC(=O)N1CCC(NC2CCOC2)=C(C(N)=Nc2cccc(-c3cnn(C)c3)c2F)C1. The minimum absolute atomic E-state index is 0.0293. The van der Waals surface area contributed by atoms with Gasteiger partial charge in [0.15, 0.2) is 5.82 Å². The Balaban J connectivity index is 1.68. The standard InChI is InChI=1S/C22H27FN6O2/c1-14(30)29-8-6-19(26-16-7-9-31-13-16)18(12-29)22(24)27-20-5-3-4-17(21(20)23)15-10-25-28(2)11-15/h3-5,10-11,16,26H,6-9,12-13H2,1-2H3,(H2,24,27). The molecular weight excluding hydrogens is 399 g/mol. The molecule has 8 nitrogen and oxygen atoms in total. The summed E-state index contributed by atoms with van der Waals surface area (Å²) in [6.07, 6.45) is 4.90. The molecule has 0 spiro atoms. The molecule has 0 aliphatic carbocycles. The van der Waals surface area contributed by atoms with Crippen LogP contribution in [-0.2, 0) is 16.6 Å². The molecule has 1 fully saturated rings. The van der Waals surface area contributed by atoms with E-state index in [1.54, 1.807) is 47.2 Å². The van der Waals surface area contributed by atoms with E-state index < -0.39 is 5.82 Å². The summed E-state index contributed by atoms with van der Waals surface area (Å²) in [4.78, 5) is 18.1. The lowest BCUT2D eigenvalue weighted by Gasteiger charge is -2.31. The molecule has 9 heteroatoms. The van der Waals surface area contributed by atoms with Crippen molar-refractivity contribution in [2.75, 3.05) is 26.3 Å². The molecule has 0 saturated carbocycles. The van der Waals surface area contributed by atoms with Crippen molar-refractivity contribution in [2.45, 2.75) is 25.8 Å². The first-order valence-corrected chi connectivity index (χ1v) is 10.4. The number of aliphatic imine (C=N–C) groups is 1. The van der Waals surface area contributed by atoms with Gasteiger partial charge in [0.05, 0.1) is 25.4 Å². The number of ether oxygens (including phenoxy) is 1. The molecular formula is C22H27FN6O2. The number of hydrogen-bond donors (Lipinski definition) is 2. The minimum Gasteiger partial charge on any atom is -0.383 e. The van der Waals surface area contributed by atoms with E-state index in [0.717, 1.165) is 24.3 Å². The van der Waals surface area contributed by atoms with Gasteiger partial charge in [-0.1, -0.05) is 12.1 Å². The number of halogens is 1. The molecule has 3 heterocycles. The normalized spacial score (nSPS) is 19.8. The number of nitrogens with two attached hydrogens (primary N) is 1. The van der Waals surface area contributed by atoms with Crippen LogP contribution in [0, 0.1) is 5.82 Å². The van der Waals surface area contributed by atoms with Crippen molar-refractivity contribution in [3.8, 4) is 11.1 Å². The van der Waals surface area contributed by atoms with Gasteiger partial charge in [-0.15, -0.1) is 0 Å². The van der Waals surface area contributed by atoms with Crippen LogP contribution < -0.4 is 11.1 Å². The van der Waals surface area contributed by atoms with E-state index >= 15 is 4.39 Å². The first-order chi connectivity index (χ1) is 14.9. The summed E-state index contributed by atoms with van der Waals surface area (Å²) in [6, 6.07) is 5.22. The predicted octanol–water partition coefficient (Wildman–Crippen LogP) is 2.10. The predicted molar refractivity (Wildman–Crippen MR) is 116 cm³/mol. The van der Waals surface area contributed by atoms with Crippen LogP contribution in [0.15, 0.2) is 46.9 Å². The van der Waals surface area contributed by atoms with Gasteiger partial charge >= 0.3 is 0 Å². The highest BCUT2D eigenvalue weighted by Gasteiger charge is 2.26. The van der Waals surface area contributed by atoms with Gasteiger partial charge in [0.2, 0.25) is 5.91 Å². The number of amidine groups is 1. The number of benzene rings is 1. The van der Waals surface area contributed by atoms with E-state index in [1.807, 2.05) is 0 Å². The molecule has 0 bridgehead atoms. The van der Waals surface area contributed by atoms with E-state index in [4.69, 9.17) is 10.5 Å². The van der Waals surface area contributed by atoms with E-state index in [9.17, 15) is 4.79 Å². The quantitative estimate of drug-likeness (QED) is 0.564. The van der Waals surface area contributed by atoms with Crippen molar-refractivity contribution in [1.29, 1.82) is 0 Å². The zero-order valence-corrected chi connectivity index (χ0v) is 17.8. The molecule has 1 amide bonds. The van der Waals surface area contributed by atoms with Gasteiger partial charge in [-0.3, -0.25) is 9.48 Å². The van der Waals surface area contributed by atoms with Crippen LogP contribution in [0.4, 0.5) is 10.1 Å². The van der Waals surface area contributed by atoms with Gasteiger partial charge in [0, 0.05) is 62.1 Å². The van der Waals surface area contributed by atoms with Crippen molar-refractivity contribution in [3.63, 3.8) is 0 Å². The Kier molecular flexibility index (Phi) is 6.03. The number of nitrogens with zero attached hydrogens (tertiary/aromatic N) is 4. The minimum atomic E-state index is -0.461. The molecule has 31 heavy (non-hydrogen) atoms. The van der Waals surface area contributed by atoms with E-state index in [1.165, 1.54) is 6.92 Å². The Morgan fingerprint density at radius 2 is 2.26 bits per heavy atom. The van der Waals surface area contributed by atoms with Crippen LogP contribution >= 0.6 is 0 Å². The highest BCUT2D eigenvalue weighted by atomic mass is 19.1. The van der Waals surface area contributed by atoms with Crippen LogP contribution in [0.2, 0.25) is 0 Å². The summed E-state index contributed by atoms with van der Waals surface area (Å²) < 4.78 is 22.3. The maximum absolute atomic E-state index is 15.2. The van der Waals surface area contributed by atoms with Crippen LogP contribution in [0.5, 0.6) is 0 Å². The summed E-state index contributed by atoms with van der Waals surface area (Å²) in [5.41, 5.74) is 9.26. The second-order valence-electron chi connectivity index (χ2n) is 7.89. The summed E-state index contributed by atoms with van der Waals surface area (Å²) in [7, 11) is 1.78. The molecule has 2 aliphatic heterocycles. The van der Waals surface area contributed by atoms with Gasteiger partial charge in [-0.05, 0) is 12.5 Å². The van der Waals surface area contributed by atoms with E-state index in [-0.39, 0.29) is 23.5 Å². The van der Waals surface area contributed by atoms with Crippen LogP contribution in [-0.4, -0.2) is 58.8 Å². The highest BCUT2D eigenvalue weighted by Crippen LogP contribution is 2.30. The van der Waals surface area contributed by atoms with Crippen molar-refractivity contribution in [3.05, 3.63) is 47.7 Å². The average molecular weight is 426 g/mol. The number of carbonyl (C=O) groups excluding carboxylic acids is 1. The maximum Gasteiger partial charge on any atom is 0.219 e. The summed E-state index contributed by atoms with van der Waals surface area (Å²) >= 11 is 0. The number of hydrogen-bond acceptors (Lipinski definition) is 5. The first-order valence-electron chi connectivity index (χ1n) is 10.4. The van der Waals surface area contributed by atoms with Crippen LogP contribution in [0.25, 0.3) is 11.1 Å². The van der Waals surface area contributed by atoms with Gasteiger partial charge in [-0.2, -0.15) is 5.10 Å². The van der Waals surface area contributed by atoms with E-state index in [0.29, 0.717) is 37.2 Å². The molecule has 1 aromatic heterocycles. The third-order valence-electron chi connectivity index (χ3n) is 5.64. The molecule has 1 saturated heterocycles. The number of aryl methyl sites for hydroxylation is 1. The smallest absolute Gasteiger partial charge is 0.219 e. The van der Waals surface area contributed by atoms with Crippen LogP contribution in [0.3, 0.4) is 0 Å². The lowest BCUT2D eigenvalue weighted by atomic mass is 10.0. The zero-order valence-electron chi connectivity index (χ0n) is 17.8. The Bertz CT molecular complexity index is 1040. The zero-order chi connectivity index (χ0) is 22.0. The lowest BCUT2D eigenvalue weighted by Crippen LogP contribution is -2.43. The Labute approximate surface area is 180 Å². The number of carbonyl (C=O) groups is 1. The number of amides is 1. The van der Waals surface area contributed by atoms with Gasteiger partial charge in [-0.25, -0.2) is 9.38 Å². The molecule has 4 rings (SSSR count). The lowest BCUT2D eigenvalue weighted by molar-refractivity contribution is -0.128. The fraction of sp³-hybridized carbons (Fsp3) is 0.409. The monoisotopic (exact) mass is 426 g/mol. The molecule has 2 aliphatic rings. The molecule has 0 radical (unpaired) electrons. The first kappa shape index (κ1) is 21.0. The molecule has 1 atom stereocenters. The summed E-state index contributed by atoms with van der Waals surface area (Å²) in [6.45, 7) is 3.82. The fourth-order valence-electron chi connectivity index (χ4n) is 3.91. The third kappa shape index (κ3) is 4.61. The van der Waals surface area contributed by atoms with Gasteiger partial charge in [0.1, 0.15) is 11.5 Å². The summed E-state index contributed by atoms with van der Waals surface area (Å²) in [5.74, 6) is -0.287. The molecule has 1 aromatic carbocycles. The molecule has 2 aromatic rings. The topological polar surface area (TPSA) is 97.8 Å². The van der Waals surface area contributed by atoms with Gasteiger partial charge in [0.25, 0.3) is 0 Å². The second kappa shape index (κ2) is 8.89. The third-order valence-corrected chi connectivity index (χ3v) is 5.64. The largest absolute Gasteiger partial charge is 0.383 e. The van der Waals surface area contributed by atoms with Crippen LogP contribution in [0.1, 0.15) is 19.8 Å². The average Bonchev–Trinajstić information content (AvgIpc) is 3.41. The van der Waals surface area contributed by atoms with Crippen molar-refractivity contribution < 1.29 is 13.9 Å². The Morgan fingerprint density at radius 3 is 2.94 bits per heavy atom. The van der Waals surface area contributed by atoms with Gasteiger partial charge < -0.3 is 20.7 Å². The number of rotatable bonds is 5. The van der Waals surface area contributed by atoms with Crippen molar-refractivity contribution >= 4 is 17.4 Å².